The first-order valence-electron chi connectivity index (χ1n) is 5.65. The minimum absolute atomic E-state index is 0.0890. The Bertz CT molecular complexity index is 337. The van der Waals surface area contributed by atoms with Crippen LogP contribution < -0.4 is 10.1 Å². The van der Waals surface area contributed by atoms with Crippen LogP contribution in [0.25, 0.3) is 0 Å². The van der Waals surface area contributed by atoms with E-state index in [9.17, 15) is 4.39 Å². The first-order chi connectivity index (χ1) is 7.65. The average Bonchev–Trinajstić information content (AvgIpc) is 2.29. The lowest BCUT2D eigenvalue weighted by Gasteiger charge is -2.24. The van der Waals surface area contributed by atoms with Crippen molar-refractivity contribution < 1.29 is 9.13 Å². The smallest absolute Gasteiger partial charge is 0.130 e. The second-order valence-electron chi connectivity index (χ2n) is 3.95. The van der Waals surface area contributed by atoms with Gasteiger partial charge in [-0.15, -0.1) is 0 Å². The zero-order valence-corrected chi connectivity index (χ0v) is 10.4. The summed E-state index contributed by atoms with van der Waals surface area (Å²) in [5, 5.41) is 3.21. The van der Waals surface area contributed by atoms with Crippen LogP contribution in [-0.2, 0) is 0 Å². The Morgan fingerprint density at radius 1 is 1.44 bits per heavy atom. The van der Waals surface area contributed by atoms with Crippen LogP contribution in [0.2, 0.25) is 0 Å². The highest BCUT2D eigenvalue weighted by Gasteiger charge is 2.22. The van der Waals surface area contributed by atoms with Gasteiger partial charge < -0.3 is 10.1 Å². The molecule has 90 valence electrons. The first kappa shape index (κ1) is 13.0. The van der Waals surface area contributed by atoms with Gasteiger partial charge in [0.15, 0.2) is 0 Å². The number of hydrogen-bond acceptors (Lipinski definition) is 2. The molecule has 0 bridgehead atoms. The predicted octanol–water partition coefficient (Wildman–Crippen LogP) is 2.94. The lowest BCUT2D eigenvalue weighted by molar-refractivity contribution is 0.385. The minimum Gasteiger partial charge on any atom is -0.496 e. The Kier molecular flexibility index (Phi) is 4.74. The highest BCUT2D eigenvalue weighted by molar-refractivity contribution is 5.38. The van der Waals surface area contributed by atoms with Crippen molar-refractivity contribution in [3.05, 3.63) is 29.6 Å². The number of methoxy groups -OCH3 is 1. The molecule has 1 rings (SSSR count). The van der Waals surface area contributed by atoms with Crippen molar-refractivity contribution in [3.63, 3.8) is 0 Å². The van der Waals surface area contributed by atoms with Crippen molar-refractivity contribution in [1.29, 1.82) is 0 Å². The highest BCUT2D eigenvalue weighted by Crippen LogP contribution is 2.31. The van der Waals surface area contributed by atoms with E-state index in [0.717, 1.165) is 6.42 Å². The molecule has 1 aromatic rings. The summed E-state index contributed by atoms with van der Waals surface area (Å²) in [6, 6.07) is 5.21. The number of rotatable bonds is 5. The summed E-state index contributed by atoms with van der Waals surface area (Å²) >= 11 is 0. The zero-order valence-electron chi connectivity index (χ0n) is 10.4. The van der Waals surface area contributed by atoms with Gasteiger partial charge in [0.1, 0.15) is 11.6 Å². The van der Waals surface area contributed by atoms with Crippen molar-refractivity contribution >= 4 is 0 Å². The summed E-state index contributed by atoms with van der Waals surface area (Å²) in [5.74, 6) is 0.521. The molecule has 0 saturated heterocycles. The molecule has 2 nitrogen and oxygen atoms in total. The summed E-state index contributed by atoms with van der Waals surface area (Å²) in [7, 11) is 3.48. The zero-order chi connectivity index (χ0) is 12.1. The van der Waals surface area contributed by atoms with Gasteiger partial charge >= 0.3 is 0 Å². The third-order valence-electron chi connectivity index (χ3n) is 3.10. The Morgan fingerprint density at radius 2 is 2.12 bits per heavy atom. The molecule has 0 fully saturated rings. The van der Waals surface area contributed by atoms with Crippen molar-refractivity contribution in [3.8, 4) is 5.75 Å². The van der Waals surface area contributed by atoms with Gasteiger partial charge in [0.25, 0.3) is 0 Å². The maximum atomic E-state index is 13.8. The third-order valence-corrected chi connectivity index (χ3v) is 3.10. The topological polar surface area (TPSA) is 21.3 Å². The molecular formula is C13H20FNO. The molecule has 0 saturated carbocycles. The van der Waals surface area contributed by atoms with Crippen LogP contribution in [0.5, 0.6) is 5.75 Å². The van der Waals surface area contributed by atoms with E-state index in [-0.39, 0.29) is 17.8 Å². The van der Waals surface area contributed by atoms with Crippen LogP contribution in [0.15, 0.2) is 18.2 Å². The fraction of sp³-hybridized carbons (Fsp3) is 0.538. The lowest BCUT2D eigenvalue weighted by Crippen LogP contribution is -2.30. The molecule has 2 unspecified atom stereocenters. The monoisotopic (exact) mass is 225 g/mol. The molecular weight excluding hydrogens is 205 g/mol. The Balaban J connectivity index is 3.10. The van der Waals surface area contributed by atoms with E-state index < -0.39 is 0 Å². The summed E-state index contributed by atoms with van der Waals surface area (Å²) in [4.78, 5) is 0. The van der Waals surface area contributed by atoms with Gasteiger partial charge in [-0.3, -0.25) is 0 Å². The largest absolute Gasteiger partial charge is 0.496 e. The highest BCUT2D eigenvalue weighted by atomic mass is 19.1. The molecule has 0 heterocycles. The van der Waals surface area contributed by atoms with Crippen LogP contribution in [0.3, 0.4) is 0 Å². The fourth-order valence-electron chi connectivity index (χ4n) is 2.15. The molecule has 3 heteroatoms. The maximum absolute atomic E-state index is 13.8. The van der Waals surface area contributed by atoms with E-state index in [2.05, 4.69) is 12.2 Å². The first-order valence-corrected chi connectivity index (χ1v) is 5.65. The number of benzene rings is 1. The van der Waals surface area contributed by atoms with Gasteiger partial charge in [0.2, 0.25) is 0 Å². The molecule has 0 aliphatic rings. The molecule has 1 aromatic carbocycles. The second-order valence-corrected chi connectivity index (χ2v) is 3.95. The summed E-state index contributed by atoms with van der Waals surface area (Å²) in [6.07, 6.45) is 0.954. The van der Waals surface area contributed by atoms with Gasteiger partial charge in [-0.25, -0.2) is 4.39 Å². The van der Waals surface area contributed by atoms with Crippen molar-refractivity contribution in [2.45, 2.75) is 32.2 Å². The van der Waals surface area contributed by atoms with Gasteiger partial charge in [0.05, 0.1) is 7.11 Å². The minimum atomic E-state index is -0.194. The standard InChI is InChI=1S/C13H20FNO/c1-5-11(15-3)9(2)13-10(14)7-6-8-12(13)16-4/h6-9,11,15H,5H2,1-4H3. The van der Waals surface area contributed by atoms with E-state index in [1.807, 2.05) is 14.0 Å². The fourth-order valence-corrected chi connectivity index (χ4v) is 2.15. The summed E-state index contributed by atoms with van der Waals surface area (Å²) in [5.41, 5.74) is 0.659. The molecule has 0 aliphatic heterocycles. The molecule has 2 atom stereocenters. The summed E-state index contributed by atoms with van der Waals surface area (Å²) in [6.45, 7) is 4.11. The molecule has 0 aromatic heterocycles. The summed E-state index contributed by atoms with van der Waals surface area (Å²) < 4.78 is 19.0. The number of nitrogens with one attached hydrogen (secondary N) is 1. The van der Waals surface area contributed by atoms with Crippen molar-refractivity contribution in [2.75, 3.05) is 14.2 Å². The average molecular weight is 225 g/mol. The molecule has 0 spiro atoms. The number of ether oxygens (including phenoxy) is 1. The second kappa shape index (κ2) is 5.85. The van der Waals surface area contributed by atoms with Crippen molar-refractivity contribution in [1.82, 2.24) is 5.32 Å². The van der Waals surface area contributed by atoms with Crippen LogP contribution in [0.4, 0.5) is 4.39 Å². The Morgan fingerprint density at radius 3 is 2.62 bits per heavy atom. The van der Waals surface area contributed by atoms with E-state index >= 15 is 0 Å². The molecule has 0 aliphatic carbocycles. The SMILES string of the molecule is CCC(NC)C(C)c1c(F)cccc1OC. The molecule has 0 radical (unpaired) electrons. The van der Waals surface area contributed by atoms with E-state index in [0.29, 0.717) is 11.3 Å². The molecule has 1 N–H and O–H groups in total. The van der Waals surface area contributed by atoms with Crippen LogP contribution in [-0.4, -0.2) is 20.2 Å². The van der Waals surface area contributed by atoms with Crippen LogP contribution in [0, 0.1) is 5.82 Å². The Hall–Kier alpha value is -1.09. The number of likely N-dealkylation sites (N-methyl/N-ethyl adjacent to an activating group) is 1. The predicted molar refractivity (Wildman–Crippen MR) is 64.5 cm³/mol. The van der Waals surface area contributed by atoms with Gasteiger partial charge in [0, 0.05) is 17.5 Å². The lowest BCUT2D eigenvalue weighted by atomic mass is 9.90. The van der Waals surface area contributed by atoms with E-state index in [1.54, 1.807) is 19.2 Å². The van der Waals surface area contributed by atoms with Gasteiger partial charge in [-0.2, -0.15) is 0 Å². The number of halogens is 1. The van der Waals surface area contributed by atoms with E-state index in [1.165, 1.54) is 6.07 Å². The molecule has 0 amide bonds. The van der Waals surface area contributed by atoms with Crippen molar-refractivity contribution in [2.24, 2.45) is 0 Å². The molecule has 16 heavy (non-hydrogen) atoms. The quantitative estimate of drug-likeness (QED) is 0.832. The van der Waals surface area contributed by atoms with Crippen LogP contribution >= 0.6 is 0 Å². The number of hydrogen-bond donors (Lipinski definition) is 1. The van der Waals surface area contributed by atoms with Crippen LogP contribution in [0.1, 0.15) is 31.7 Å². The van der Waals surface area contributed by atoms with E-state index in [4.69, 9.17) is 4.74 Å². The maximum Gasteiger partial charge on any atom is 0.130 e. The van der Waals surface area contributed by atoms with Gasteiger partial charge in [-0.1, -0.05) is 19.9 Å². The normalized spacial score (nSPS) is 14.6. The third kappa shape index (κ3) is 2.53. The van der Waals surface area contributed by atoms with Gasteiger partial charge in [-0.05, 0) is 25.6 Å². The Labute approximate surface area is 96.8 Å².